The number of fused-ring (bicyclic) bond motifs is 1. The van der Waals surface area contributed by atoms with Gasteiger partial charge in [-0.15, -0.1) is 0 Å². The molecule has 0 unspecified atom stereocenters. The summed E-state index contributed by atoms with van der Waals surface area (Å²) in [6.07, 6.45) is 4.10. The topological polar surface area (TPSA) is 102 Å². The van der Waals surface area contributed by atoms with Gasteiger partial charge < -0.3 is 9.30 Å². The number of hydrogen-bond donors (Lipinski definition) is 2. The van der Waals surface area contributed by atoms with Crippen LogP contribution in [0.15, 0.2) is 73.1 Å². The minimum Gasteiger partial charge on any atom is -0.444 e. The Morgan fingerprint density at radius 3 is 2.49 bits per heavy atom. The highest BCUT2D eigenvalue weighted by Crippen LogP contribution is 2.36. The van der Waals surface area contributed by atoms with Crippen LogP contribution in [0.1, 0.15) is 19.4 Å². The third-order valence-electron chi connectivity index (χ3n) is 5.25. The first kappa shape index (κ1) is 24.3. The van der Waals surface area contributed by atoms with Crippen LogP contribution in [0.25, 0.3) is 22.2 Å². The van der Waals surface area contributed by atoms with Gasteiger partial charge in [-0.2, -0.15) is 0 Å². The Hall–Kier alpha value is -3.85. The number of anilines is 2. The number of sulfonamides is 1. The highest BCUT2D eigenvalue weighted by Gasteiger charge is 2.17. The van der Waals surface area contributed by atoms with E-state index in [1.54, 1.807) is 18.3 Å². The van der Waals surface area contributed by atoms with Gasteiger partial charge in [0.1, 0.15) is 12.3 Å². The van der Waals surface area contributed by atoms with Crippen molar-refractivity contribution in [1.29, 1.82) is 0 Å². The molecule has 0 spiro atoms. The van der Waals surface area contributed by atoms with Gasteiger partial charge in [0.2, 0.25) is 10.0 Å². The summed E-state index contributed by atoms with van der Waals surface area (Å²) in [6.45, 7) is 5.12. The Bertz CT molecular complexity index is 1450. The third kappa shape index (κ3) is 6.19. The number of carbonyl (C=O) groups is 1. The van der Waals surface area contributed by atoms with Crippen LogP contribution in [0.2, 0.25) is 0 Å². The number of aromatic nitrogens is 2. The molecule has 4 aromatic rings. The summed E-state index contributed by atoms with van der Waals surface area (Å²) in [5.41, 5.74) is 4.11. The van der Waals surface area contributed by atoms with Crippen LogP contribution in [-0.4, -0.2) is 30.3 Å². The maximum Gasteiger partial charge on any atom is 0.412 e. The zero-order chi connectivity index (χ0) is 25.0. The van der Waals surface area contributed by atoms with Gasteiger partial charge >= 0.3 is 6.09 Å². The highest BCUT2D eigenvalue weighted by atomic mass is 32.2. The molecule has 35 heavy (non-hydrogen) atoms. The molecule has 0 fully saturated rings. The number of hydrogen-bond acceptors (Lipinski definition) is 5. The number of ether oxygens (including phenoxy) is 1. The van der Waals surface area contributed by atoms with E-state index in [0.717, 1.165) is 40.5 Å². The molecular weight excluding hydrogens is 464 g/mol. The van der Waals surface area contributed by atoms with Gasteiger partial charge in [-0.1, -0.05) is 62.4 Å². The van der Waals surface area contributed by atoms with Gasteiger partial charge in [-0.3, -0.25) is 10.0 Å². The second kappa shape index (κ2) is 10.2. The summed E-state index contributed by atoms with van der Waals surface area (Å²) >= 11 is 0. The van der Waals surface area contributed by atoms with E-state index in [9.17, 15) is 13.2 Å². The number of amides is 1. The lowest BCUT2D eigenvalue weighted by Gasteiger charge is -2.10. The van der Waals surface area contributed by atoms with Crippen molar-refractivity contribution in [3.05, 3.63) is 78.6 Å². The van der Waals surface area contributed by atoms with Crippen molar-refractivity contribution >= 4 is 38.5 Å². The number of nitrogens with one attached hydrogen (secondary N) is 2. The number of pyridine rings is 1. The fraction of sp³-hybridized carbons (Fsp3) is 0.231. The first-order valence-corrected chi connectivity index (χ1v) is 13.1. The molecule has 1 amide bonds. The Morgan fingerprint density at radius 1 is 1.06 bits per heavy atom. The molecule has 0 aliphatic carbocycles. The largest absolute Gasteiger partial charge is 0.444 e. The Labute approximate surface area is 205 Å². The highest BCUT2D eigenvalue weighted by molar-refractivity contribution is 7.92. The molecule has 9 heteroatoms. The van der Waals surface area contributed by atoms with Gasteiger partial charge in [0.05, 0.1) is 23.8 Å². The molecule has 0 saturated heterocycles. The van der Waals surface area contributed by atoms with Crippen LogP contribution in [0.5, 0.6) is 0 Å². The molecule has 2 aromatic heterocycles. The van der Waals surface area contributed by atoms with E-state index in [0.29, 0.717) is 17.3 Å². The van der Waals surface area contributed by atoms with Crippen molar-refractivity contribution in [1.82, 2.24) is 9.55 Å². The van der Waals surface area contributed by atoms with E-state index in [4.69, 9.17) is 4.74 Å². The summed E-state index contributed by atoms with van der Waals surface area (Å²) in [5.74, 6) is 0.371. The fourth-order valence-corrected chi connectivity index (χ4v) is 4.45. The lowest BCUT2D eigenvalue weighted by atomic mass is 10.0. The maximum atomic E-state index is 12.4. The predicted octanol–water partition coefficient (Wildman–Crippen LogP) is 5.48. The molecule has 2 heterocycles. The van der Waals surface area contributed by atoms with Crippen LogP contribution in [-0.2, 0) is 27.9 Å². The molecule has 0 radical (unpaired) electrons. The molecule has 0 saturated carbocycles. The normalized spacial score (nSPS) is 11.5. The summed E-state index contributed by atoms with van der Waals surface area (Å²) in [4.78, 5) is 17.0. The number of benzene rings is 2. The summed E-state index contributed by atoms with van der Waals surface area (Å²) in [5, 5.41) is 3.53. The molecule has 8 nitrogen and oxygen atoms in total. The first-order valence-electron chi connectivity index (χ1n) is 11.2. The van der Waals surface area contributed by atoms with E-state index in [1.807, 2.05) is 59.3 Å². The zero-order valence-corrected chi connectivity index (χ0v) is 20.7. The Kier molecular flexibility index (Phi) is 7.07. The van der Waals surface area contributed by atoms with E-state index < -0.39 is 16.1 Å². The van der Waals surface area contributed by atoms with Crippen LogP contribution >= 0.6 is 0 Å². The summed E-state index contributed by atoms with van der Waals surface area (Å²) < 4.78 is 33.9. The number of nitrogens with zero attached hydrogens (tertiary/aromatic N) is 2. The fourth-order valence-electron chi connectivity index (χ4n) is 3.87. The van der Waals surface area contributed by atoms with Crippen molar-refractivity contribution in [3.63, 3.8) is 0 Å². The average molecular weight is 493 g/mol. The van der Waals surface area contributed by atoms with Crippen LogP contribution in [0.4, 0.5) is 16.2 Å². The van der Waals surface area contributed by atoms with Crippen LogP contribution in [0.3, 0.4) is 0 Å². The second-order valence-electron chi connectivity index (χ2n) is 8.79. The second-order valence-corrected chi connectivity index (χ2v) is 10.5. The van der Waals surface area contributed by atoms with Crippen LogP contribution in [0, 0.1) is 5.92 Å². The molecule has 182 valence electrons. The lowest BCUT2D eigenvalue weighted by Crippen LogP contribution is -2.13. The van der Waals surface area contributed by atoms with Gasteiger partial charge in [0.25, 0.3) is 0 Å². The number of carbonyl (C=O) groups excluding carboxylic acids is 1. The third-order valence-corrected chi connectivity index (χ3v) is 5.84. The molecule has 4 rings (SSSR count). The number of rotatable bonds is 8. The summed E-state index contributed by atoms with van der Waals surface area (Å²) in [6, 6.07) is 18.5. The van der Waals surface area contributed by atoms with Crippen molar-refractivity contribution < 1.29 is 17.9 Å². The van der Waals surface area contributed by atoms with Crippen molar-refractivity contribution in [2.75, 3.05) is 16.3 Å². The minimum absolute atomic E-state index is 0.156. The SMILES string of the molecule is CC(C)Cn1cc(-c2ccccc2NS(C)(=O)=O)c2cc(NC(=O)OCc3ccccc3)cnc21. The molecule has 0 bridgehead atoms. The predicted molar refractivity (Wildman–Crippen MR) is 139 cm³/mol. The van der Waals surface area contributed by atoms with E-state index in [1.165, 1.54) is 0 Å². The average Bonchev–Trinajstić information content (AvgIpc) is 3.14. The quantitative estimate of drug-likeness (QED) is 0.339. The number of para-hydroxylation sites is 1. The first-order chi connectivity index (χ1) is 16.7. The Balaban J connectivity index is 1.69. The monoisotopic (exact) mass is 492 g/mol. The maximum absolute atomic E-state index is 12.4. The molecule has 2 aromatic carbocycles. The van der Waals surface area contributed by atoms with Gasteiger partial charge in [-0.05, 0) is 23.6 Å². The molecular formula is C26H28N4O4S. The lowest BCUT2D eigenvalue weighted by molar-refractivity contribution is 0.155. The van der Waals surface area contributed by atoms with Crippen LogP contribution < -0.4 is 10.0 Å². The van der Waals surface area contributed by atoms with E-state index >= 15 is 0 Å². The van der Waals surface area contributed by atoms with Crippen molar-refractivity contribution in [2.45, 2.75) is 27.0 Å². The van der Waals surface area contributed by atoms with Gasteiger partial charge in [0.15, 0.2) is 0 Å². The van der Waals surface area contributed by atoms with E-state index in [2.05, 4.69) is 28.9 Å². The van der Waals surface area contributed by atoms with Gasteiger partial charge in [0, 0.05) is 29.3 Å². The smallest absolute Gasteiger partial charge is 0.412 e. The molecule has 2 N–H and O–H groups in total. The van der Waals surface area contributed by atoms with Gasteiger partial charge in [-0.25, -0.2) is 18.2 Å². The zero-order valence-electron chi connectivity index (χ0n) is 19.9. The minimum atomic E-state index is -3.47. The van der Waals surface area contributed by atoms with Crippen molar-refractivity contribution in [2.24, 2.45) is 5.92 Å². The Morgan fingerprint density at radius 2 is 1.77 bits per heavy atom. The van der Waals surface area contributed by atoms with E-state index in [-0.39, 0.29) is 6.61 Å². The summed E-state index contributed by atoms with van der Waals surface area (Å²) in [7, 11) is -3.47. The standard InChI is InChI=1S/C26H28N4O4S/c1-18(2)15-30-16-23(21-11-7-8-12-24(21)29-35(3,32)33)22-13-20(14-27-25(22)30)28-26(31)34-17-19-9-5-4-6-10-19/h4-14,16,18,29H,15,17H2,1-3H3,(H,28,31). The molecule has 0 atom stereocenters. The molecule has 0 aliphatic rings. The van der Waals surface area contributed by atoms with Crippen molar-refractivity contribution in [3.8, 4) is 11.1 Å². The molecule has 0 aliphatic heterocycles.